The Morgan fingerprint density at radius 3 is 2.10 bits per heavy atom. The number of nitrogens with zero attached hydrogens (tertiary/aromatic N) is 1. The van der Waals surface area contributed by atoms with Crippen molar-refractivity contribution in [2.24, 2.45) is 5.41 Å². The molecule has 21 heavy (non-hydrogen) atoms. The number of hydrogen-bond acceptors (Lipinski definition) is 2. The van der Waals surface area contributed by atoms with Gasteiger partial charge in [0.25, 0.3) is 0 Å². The van der Waals surface area contributed by atoms with E-state index in [-0.39, 0.29) is 5.41 Å². The van der Waals surface area contributed by atoms with E-state index in [1.54, 1.807) is 16.4 Å². The number of sulfonamides is 1. The number of benzene rings is 1. The van der Waals surface area contributed by atoms with Gasteiger partial charge in [-0.2, -0.15) is 4.31 Å². The summed E-state index contributed by atoms with van der Waals surface area (Å²) in [7, 11) is -3.38. The molecule has 0 heterocycles. The van der Waals surface area contributed by atoms with Crippen molar-refractivity contribution in [3.05, 3.63) is 29.8 Å². The minimum Gasteiger partial charge on any atom is -0.207 e. The second-order valence-corrected chi connectivity index (χ2v) is 8.82. The van der Waals surface area contributed by atoms with Crippen molar-refractivity contribution >= 4 is 10.0 Å². The molecule has 3 nitrogen and oxygen atoms in total. The maximum Gasteiger partial charge on any atom is 0.243 e. The molecule has 0 amide bonds. The highest BCUT2D eigenvalue weighted by molar-refractivity contribution is 7.89. The van der Waals surface area contributed by atoms with Gasteiger partial charge in [0.1, 0.15) is 0 Å². The molecule has 0 atom stereocenters. The SMILES string of the molecule is CCCCN(CCC(C)(C)C)S(=O)(=O)c1ccc(C)cc1. The van der Waals surface area contributed by atoms with Gasteiger partial charge in [-0.15, -0.1) is 0 Å². The molecule has 0 saturated carbocycles. The van der Waals surface area contributed by atoms with E-state index in [0.29, 0.717) is 18.0 Å². The van der Waals surface area contributed by atoms with Crippen molar-refractivity contribution in [1.82, 2.24) is 4.31 Å². The Morgan fingerprint density at radius 2 is 1.62 bits per heavy atom. The van der Waals surface area contributed by atoms with Crippen LogP contribution in [0.1, 0.15) is 52.5 Å². The summed E-state index contributed by atoms with van der Waals surface area (Å²) in [6.45, 7) is 11.7. The van der Waals surface area contributed by atoms with E-state index in [2.05, 4.69) is 27.7 Å². The lowest BCUT2D eigenvalue weighted by Gasteiger charge is -2.26. The number of aryl methyl sites for hydroxylation is 1. The van der Waals surface area contributed by atoms with Gasteiger partial charge in [-0.3, -0.25) is 0 Å². The van der Waals surface area contributed by atoms with Crippen LogP contribution in [-0.4, -0.2) is 25.8 Å². The van der Waals surface area contributed by atoms with Crippen molar-refractivity contribution < 1.29 is 8.42 Å². The Morgan fingerprint density at radius 1 is 1.05 bits per heavy atom. The van der Waals surface area contributed by atoms with Crippen LogP contribution in [0.3, 0.4) is 0 Å². The second kappa shape index (κ2) is 7.41. The third-order valence-electron chi connectivity index (χ3n) is 3.53. The van der Waals surface area contributed by atoms with Crippen molar-refractivity contribution in [2.75, 3.05) is 13.1 Å². The molecule has 120 valence electrons. The minimum absolute atomic E-state index is 0.132. The van der Waals surface area contributed by atoms with Crippen LogP contribution in [0.4, 0.5) is 0 Å². The molecular formula is C17H29NO2S. The van der Waals surface area contributed by atoms with Gasteiger partial charge in [0, 0.05) is 13.1 Å². The summed E-state index contributed by atoms with van der Waals surface area (Å²) in [6, 6.07) is 7.13. The normalized spacial score (nSPS) is 12.9. The molecule has 4 heteroatoms. The second-order valence-electron chi connectivity index (χ2n) is 6.88. The quantitative estimate of drug-likeness (QED) is 0.756. The van der Waals surface area contributed by atoms with Gasteiger partial charge in [0.2, 0.25) is 10.0 Å². The van der Waals surface area contributed by atoms with Crippen LogP contribution in [0.2, 0.25) is 0 Å². The van der Waals surface area contributed by atoms with Gasteiger partial charge < -0.3 is 0 Å². The fourth-order valence-corrected chi connectivity index (χ4v) is 3.49. The van der Waals surface area contributed by atoms with Crippen LogP contribution in [0.15, 0.2) is 29.2 Å². The van der Waals surface area contributed by atoms with Gasteiger partial charge in [-0.1, -0.05) is 51.8 Å². The Balaban J connectivity index is 2.96. The van der Waals surface area contributed by atoms with E-state index in [1.807, 2.05) is 19.1 Å². The van der Waals surface area contributed by atoms with E-state index in [9.17, 15) is 8.42 Å². The highest BCUT2D eigenvalue weighted by Gasteiger charge is 2.25. The first-order chi connectivity index (χ1) is 9.66. The Labute approximate surface area is 130 Å². The zero-order valence-corrected chi connectivity index (χ0v) is 14.8. The predicted molar refractivity (Wildman–Crippen MR) is 88.9 cm³/mol. The number of unbranched alkanes of at least 4 members (excludes halogenated alkanes) is 1. The average Bonchev–Trinajstić information content (AvgIpc) is 2.37. The van der Waals surface area contributed by atoms with Crippen LogP contribution in [0.25, 0.3) is 0 Å². The molecule has 0 aromatic heterocycles. The highest BCUT2D eigenvalue weighted by atomic mass is 32.2. The molecule has 1 aromatic carbocycles. The Hall–Kier alpha value is -0.870. The molecule has 1 aromatic rings. The maximum atomic E-state index is 12.8. The molecule has 0 aliphatic heterocycles. The van der Waals surface area contributed by atoms with Crippen LogP contribution < -0.4 is 0 Å². The third-order valence-corrected chi connectivity index (χ3v) is 5.44. The van der Waals surface area contributed by atoms with E-state index in [1.165, 1.54) is 0 Å². The van der Waals surface area contributed by atoms with Crippen LogP contribution in [-0.2, 0) is 10.0 Å². The predicted octanol–water partition coefficient (Wildman–Crippen LogP) is 4.22. The van der Waals surface area contributed by atoms with Gasteiger partial charge in [-0.25, -0.2) is 8.42 Å². The molecule has 0 bridgehead atoms. The van der Waals surface area contributed by atoms with Crippen LogP contribution in [0.5, 0.6) is 0 Å². The monoisotopic (exact) mass is 311 g/mol. The highest BCUT2D eigenvalue weighted by Crippen LogP contribution is 2.23. The molecule has 1 rings (SSSR count). The molecule has 0 radical (unpaired) electrons. The molecule has 0 unspecified atom stereocenters. The van der Waals surface area contributed by atoms with Crippen LogP contribution >= 0.6 is 0 Å². The summed E-state index contributed by atoms with van der Waals surface area (Å²) in [6.07, 6.45) is 2.76. The molecule has 0 fully saturated rings. The largest absolute Gasteiger partial charge is 0.243 e. The van der Waals surface area contributed by atoms with Crippen LogP contribution in [0, 0.1) is 12.3 Å². The Kier molecular flexibility index (Phi) is 6.41. The van der Waals surface area contributed by atoms with Crippen molar-refractivity contribution in [2.45, 2.75) is 58.8 Å². The lowest BCUT2D eigenvalue weighted by molar-refractivity contribution is 0.308. The zero-order valence-electron chi connectivity index (χ0n) is 14.0. The third kappa shape index (κ3) is 5.79. The topological polar surface area (TPSA) is 37.4 Å². The minimum atomic E-state index is -3.38. The molecule has 0 N–H and O–H groups in total. The van der Waals surface area contributed by atoms with E-state index in [0.717, 1.165) is 24.8 Å². The van der Waals surface area contributed by atoms with Gasteiger partial charge in [0.05, 0.1) is 4.90 Å². The average molecular weight is 311 g/mol. The van der Waals surface area contributed by atoms with E-state index < -0.39 is 10.0 Å². The maximum absolute atomic E-state index is 12.8. The molecule has 0 saturated heterocycles. The lowest BCUT2D eigenvalue weighted by Crippen LogP contribution is -2.34. The first-order valence-corrected chi connectivity index (χ1v) is 9.17. The summed E-state index contributed by atoms with van der Waals surface area (Å²) in [5.41, 5.74) is 1.21. The van der Waals surface area contributed by atoms with Gasteiger partial charge in [-0.05, 0) is 37.3 Å². The van der Waals surface area contributed by atoms with Crippen molar-refractivity contribution in [3.8, 4) is 0 Å². The summed E-state index contributed by atoms with van der Waals surface area (Å²) in [5.74, 6) is 0. The zero-order chi connectivity index (χ0) is 16.1. The first-order valence-electron chi connectivity index (χ1n) is 7.73. The fraction of sp³-hybridized carbons (Fsp3) is 0.647. The van der Waals surface area contributed by atoms with E-state index >= 15 is 0 Å². The van der Waals surface area contributed by atoms with Gasteiger partial charge >= 0.3 is 0 Å². The van der Waals surface area contributed by atoms with E-state index in [4.69, 9.17) is 0 Å². The Bertz CT molecular complexity index is 527. The molecular weight excluding hydrogens is 282 g/mol. The lowest BCUT2D eigenvalue weighted by atomic mass is 9.92. The smallest absolute Gasteiger partial charge is 0.207 e. The summed E-state index contributed by atoms with van der Waals surface area (Å²) in [4.78, 5) is 0.401. The molecule has 0 aliphatic carbocycles. The first kappa shape index (κ1) is 18.2. The summed E-state index contributed by atoms with van der Waals surface area (Å²) < 4.78 is 27.2. The summed E-state index contributed by atoms with van der Waals surface area (Å²) >= 11 is 0. The van der Waals surface area contributed by atoms with Crippen molar-refractivity contribution in [1.29, 1.82) is 0 Å². The molecule has 0 aliphatic rings. The molecule has 0 spiro atoms. The van der Waals surface area contributed by atoms with Gasteiger partial charge in [0.15, 0.2) is 0 Å². The number of hydrogen-bond donors (Lipinski definition) is 0. The number of rotatable bonds is 7. The fourth-order valence-electron chi connectivity index (χ4n) is 2.01. The van der Waals surface area contributed by atoms with Crippen molar-refractivity contribution in [3.63, 3.8) is 0 Å². The standard InChI is InChI=1S/C17H29NO2S/c1-6-7-13-18(14-12-17(3,4)5)21(19,20)16-10-8-15(2)9-11-16/h8-11H,6-7,12-14H2,1-5H3. The summed E-state index contributed by atoms with van der Waals surface area (Å²) in [5, 5.41) is 0.